The Hall–Kier alpha value is -1.77. The molecule has 0 aliphatic carbocycles. The number of nitrogens with one attached hydrogen (secondary N) is 1. The van der Waals surface area contributed by atoms with Gasteiger partial charge in [0, 0.05) is 12.2 Å². The van der Waals surface area contributed by atoms with Gasteiger partial charge in [0.15, 0.2) is 0 Å². The maximum absolute atomic E-state index is 10.6. The molecular formula is C13H17NO2. The third-order valence-corrected chi connectivity index (χ3v) is 2.28. The maximum atomic E-state index is 10.6. The molecule has 0 bridgehead atoms. The van der Waals surface area contributed by atoms with Crippen molar-refractivity contribution >= 4 is 11.7 Å². The molecule has 0 saturated carbocycles. The Kier molecular flexibility index (Phi) is 4.11. The van der Waals surface area contributed by atoms with Gasteiger partial charge in [-0.2, -0.15) is 0 Å². The first-order chi connectivity index (χ1) is 7.49. The topological polar surface area (TPSA) is 49.3 Å². The molecule has 0 aliphatic heterocycles. The van der Waals surface area contributed by atoms with Crippen molar-refractivity contribution in [3.05, 3.63) is 41.5 Å². The monoisotopic (exact) mass is 219 g/mol. The summed E-state index contributed by atoms with van der Waals surface area (Å²) < 4.78 is 0. The van der Waals surface area contributed by atoms with Crippen molar-refractivity contribution in [2.24, 2.45) is 0 Å². The molecule has 0 saturated heterocycles. The zero-order chi connectivity index (χ0) is 12.1. The van der Waals surface area contributed by atoms with Crippen LogP contribution in [0, 0.1) is 6.92 Å². The molecule has 0 atom stereocenters. The van der Waals surface area contributed by atoms with Gasteiger partial charge in [-0.1, -0.05) is 18.2 Å². The van der Waals surface area contributed by atoms with E-state index in [9.17, 15) is 4.79 Å². The van der Waals surface area contributed by atoms with E-state index in [1.54, 1.807) is 0 Å². The van der Waals surface area contributed by atoms with E-state index in [1.807, 2.05) is 32.0 Å². The van der Waals surface area contributed by atoms with Crippen LogP contribution >= 0.6 is 0 Å². The highest BCUT2D eigenvalue weighted by atomic mass is 16.4. The second-order valence-corrected chi connectivity index (χ2v) is 4.02. The molecular weight excluding hydrogens is 202 g/mol. The highest BCUT2D eigenvalue weighted by molar-refractivity contribution is 5.71. The zero-order valence-electron chi connectivity index (χ0n) is 9.71. The van der Waals surface area contributed by atoms with Crippen LogP contribution < -0.4 is 5.32 Å². The normalized spacial score (nSPS) is 9.88. The lowest BCUT2D eigenvalue weighted by atomic mass is 10.1. The lowest BCUT2D eigenvalue weighted by Gasteiger charge is -2.09. The van der Waals surface area contributed by atoms with Gasteiger partial charge < -0.3 is 10.4 Å². The first-order valence-corrected chi connectivity index (χ1v) is 5.18. The molecule has 0 aromatic heterocycles. The highest BCUT2D eigenvalue weighted by Gasteiger charge is 2.04. The van der Waals surface area contributed by atoms with Gasteiger partial charge in [-0.15, -0.1) is 0 Å². The highest BCUT2D eigenvalue weighted by Crippen LogP contribution is 2.16. The van der Waals surface area contributed by atoms with Crippen LogP contribution in [-0.4, -0.2) is 17.6 Å². The third-order valence-electron chi connectivity index (χ3n) is 2.28. The number of carbonyl (C=O) groups is 1. The van der Waals surface area contributed by atoms with E-state index in [0.29, 0.717) is 0 Å². The molecule has 3 nitrogen and oxygen atoms in total. The Morgan fingerprint density at radius 2 is 2.19 bits per heavy atom. The molecule has 1 rings (SSSR count). The van der Waals surface area contributed by atoms with Crippen LogP contribution in [0.3, 0.4) is 0 Å². The predicted molar refractivity (Wildman–Crippen MR) is 65.8 cm³/mol. The van der Waals surface area contributed by atoms with Gasteiger partial charge in [0.25, 0.3) is 0 Å². The van der Waals surface area contributed by atoms with Crippen molar-refractivity contribution in [2.45, 2.75) is 20.3 Å². The van der Waals surface area contributed by atoms with Crippen molar-refractivity contribution in [1.82, 2.24) is 0 Å². The first kappa shape index (κ1) is 12.3. The molecule has 3 heteroatoms. The van der Waals surface area contributed by atoms with E-state index in [-0.39, 0.29) is 6.42 Å². The van der Waals surface area contributed by atoms with Crippen LogP contribution in [0.4, 0.5) is 5.69 Å². The summed E-state index contributed by atoms with van der Waals surface area (Å²) in [4.78, 5) is 10.6. The van der Waals surface area contributed by atoms with Crippen LogP contribution in [0.2, 0.25) is 0 Å². The van der Waals surface area contributed by atoms with Gasteiger partial charge in [-0.05, 0) is 37.1 Å². The molecule has 0 radical (unpaired) electrons. The Morgan fingerprint density at radius 3 is 2.69 bits per heavy atom. The van der Waals surface area contributed by atoms with Crippen LogP contribution in [0.1, 0.15) is 18.1 Å². The number of rotatable bonds is 5. The van der Waals surface area contributed by atoms with Crippen LogP contribution in [-0.2, 0) is 11.2 Å². The fraction of sp³-hybridized carbons (Fsp3) is 0.308. The number of benzene rings is 1. The average Bonchev–Trinajstić information content (AvgIpc) is 2.18. The van der Waals surface area contributed by atoms with Crippen molar-refractivity contribution in [3.8, 4) is 0 Å². The summed E-state index contributed by atoms with van der Waals surface area (Å²) in [7, 11) is 0. The molecule has 16 heavy (non-hydrogen) atoms. The summed E-state index contributed by atoms with van der Waals surface area (Å²) in [6.07, 6.45) is 0.0760. The summed E-state index contributed by atoms with van der Waals surface area (Å²) >= 11 is 0. The summed E-state index contributed by atoms with van der Waals surface area (Å²) in [6.45, 7) is 8.42. The van der Waals surface area contributed by atoms with Gasteiger partial charge in [-0.25, -0.2) is 0 Å². The number of aryl methyl sites for hydroxylation is 1. The molecule has 2 N–H and O–H groups in total. The predicted octanol–water partition coefficient (Wildman–Crippen LogP) is 2.61. The van der Waals surface area contributed by atoms with E-state index in [1.165, 1.54) is 0 Å². The summed E-state index contributed by atoms with van der Waals surface area (Å²) in [5.74, 6) is -0.800. The lowest BCUT2D eigenvalue weighted by molar-refractivity contribution is -0.136. The van der Waals surface area contributed by atoms with Gasteiger partial charge in [0.05, 0.1) is 6.42 Å². The Morgan fingerprint density at radius 1 is 1.50 bits per heavy atom. The minimum absolute atomic E-state index is 0.0760. The van der Waals surface area contributed by atoms with Gasteiger partial charge in [0.1, 0.15) is 0 Å². The van der Waals surface area contributed by atoms with E-state index in [2.05, 4.69) is 11.9 Å². The van der Waals surface area contributed by atoms with Crippen LogP contribution in [0.25, 0.3) is 0 Å². The van der Waals surface area contributed by atoms with Gasteiger partial charge in [0.2, 0.25) is 0 Å². The number of aliphatic carboxylic acids is 1. The van der Waals surface area contributed by atoms with Crippen LogP contribution in [0.5, 0.6) is 0 Å². The largest absolute Gasteiger partial charge is 0.481 e. The van der Waals surface area contributed by atoms with E-state index in [0.717, 1.165) is 28.9 Å². The molecule has 0 spiro atoms. The van der Waals surface area contributed by atoms with Gasteiger partial charge >= 0.3 is 5.97 Å². The number of hydrogen-bond donors (Lipinski definition) is 2. The first-order valence-electron chi connectivity index (χ1n) is 5.18. The lowest BCUT2D eigenvalue weighted by Crippen LogP contribution is -2.05. The summed E-state index contributed by atoms with van der Waals surface area (Å²) in [6, 6.07) is 5.71. The molecule has 1 aromatic carbocycles. The van der Waals surface area contributed by atoms with Crippen molar-refractivity contribution in [3.63, 3.8) is 0 Å². The number of hydrogen-bond acceptors (Lipinski definition) is 2. The number of anilines is 1. The van der Waals surface area contributed by atoms with Crippen LogP contribution in [0.15, 0.2) is 30.4 Å². The standard InChI is InChI=1S/C13H17NO2/c1-9(2)8-14-12-5-4-11(7-13(15)16)10(3)6-12/h4-6,14H,1,7-8H2,2-3H3,(H,15,16). The maximum Gasteiger partial charge on any atom is 0.307 e. The van der Waals surface area contributed by atoms with E-state index < -0.39 is 5.97 Å². The second-order valence-electron chi connectivity index (χ2n) is 4.02. The fourth-order valence-corrected chi connectivity index (χ4v) is 1.42. The second kappa shape index (κ2) is 5.35. The molecule has 0 heterocycles. The van der Waals surface area contributed by atoms with Crippen molar-refractivity contribution < 1.29 is 9.90 Å². The minimum atomic E-state index is -0.800. The SMILES string of the molecule is C=C(C)CNc1ccc(CC(=O)O)c(C)c1. The van der Waals surface area contributed by atoms with E-state index in [4.69, 9.17) is 5.11 Å². The summed E-state index contributed by atoms with van der Waals surface area (Å²) in [5, 5.41) is 11.9. The average molecular weight is 219 g/mol. The Balaban J connectivity index is 2.74. The molecule has 86 valence electrons. The Labute approximate surface area is 95.8 Å². The van der Waals surface area contributed by atoms with Crippen molar-refractivity contribution in [1.29, 1.82) is 0 Å². The third kappa shape index (κ3) is 3.77. The quantitative estimate of drug-likeness (QED) is 0.748. The molecule has 0 fully saturated rings. The number of carboxylic acids is 1. The molecule has 1 aromatic rings. The van der Waals surface area contributed by atoms with Crippen molar-refractivity contribution in [2.75, 3.05) is 11.9 Å². The van der Waals surface area contributed by atoms with E-state index >= 15 is 0 Å². The zero-order valence-corrected chi connectivity index (χ0v) is 9.71. The number of carboxylic acid groups (broad SMARTS) is 1. The van der Waals surface area contributed by atoms with Gasteiger partial charge in [-0.3, -0.25) is 4.79 Å². The summed E-state index contributed by atoms with van der Waals surface area (Å²) in [5.41, 5.74) is 3.91. The Bertz CT molecular complexity index is 410. The molecule has 0 aliphatic rings. The molecule has 0 unspecified atom stereocenters. The fourth-order valence-electron chi connectivity index (χ4n) is 1.42. The smallest absolute Gasteiger partial charge is 0.307 e. The molecule has 0 amide bonds. The minimum Gasteiger partial charge on any atom is -0.481 e.